The minimum Gasteiger partial charge on any atom is -0.320 e. The fourth-order valence-corrected chi connectivity index (χ4v) is 2.52. The van der Waals surface area contributed by atoms with Gasteiger partial charge in [-0.15, -0.1) is 0 Å². The highest BCUT2D eigenvalue weighted by atomic mass is 32.2. The molecule has 0 spiro atoms. The number of hydrogen-bond acceptors (Lipinski definition) is 2. The van der Waals surface area contributed by atoms with Gasteiger partial charge < -0.3 is 5.32 Å². The molecule has 0 radical (unpaired) electrons. The zero-order valence-corrected chi connectivity index (χ0v) is 10.5. The highest BCUT2D eigenvalue weighted by molar-refractivity contribution is 7.85. The molecule has 0 aliphatic rings. The SMILES string of the molecule is CNCCCS(=O)c1ccc(C)c(C)c1. The molecule has 1 aromatic rings. The lowest BCUT2D eigenvalue weighted by Gasteiger charge is -2.05. The van der Waals surface area contributed by atoms with Crippen LogP contribution >= 0.6 is 0 Å². The van der Waals surface area contributed by atoms with Crippen molar-refractivity contribution in [1.82, 2.24) is 5.32 Å². The van der Waals surface area contributed by atoms with Gasteiger partial charge in [0.1, 0.15) is 0 Å². The van der Waals surface area contributed by atoms with Crippen molar-refractivity contribution < 1.29 is 4.21 Å². The number of nitrogens with one attached hydrogen (secondary N) is 1. The largest absolute Gasteiger partial charge is 0.320 e. The maximum atomic E-state index is 11.9. The van der Waals surface area contributed by atoms with Crippen LogP contribution in [-0.4, -0.2) is 23.6 Å². The van der Waals surface area contributed by atoms with Gasteiger partial charge in [-0.2, -0.15) is 0 Å². The van der Waals surface area contributed by atoms with Crippen molar-refractivity contribution in [3.63, 3.8) is 0 Å². The second-order valence-corrected chi connectivity index (χ2v) is 5.32. The average Bonchev–Trinajstić information content (AvgIpc) is 2.22. The molecule has 15 heavy (non-hydrogen) atoms. The van der Waals surface area contributed by atoms with Gasteiger partial charge in [-0.3, -0.25) is 4.21 Å². The van der Waals surface area contributed by atoms with Gasteiger partial charge in [0.05, 0.1) is 10.8 Å². The molecular formula is C12H19NOS. The van der Waals surface area contributed by atoms with E-state index in [1.165, 1.54) is 11.1 Å². The highest BCUT2D eigenvalue weighted by Gasteiger charge is 2.04. The molecule has 0 aromatic heterocycles. The van der Waals surface area contributed by atoms with Gasteiger partial charge >= 0.3 is 0 Å². The van der Waals surface area contributed by atoms with Gasteiger partial charge in [0.15, 0.2) is 0 Å². The molecule has 0 fully saturated rings. The van der Waals surface area contributed by atoms with Crippen LogP contribution in [0.3, 0.4) is 0 Å². The van der Waals surface area contributed by atoms with E-state index in [-0.39, 0.29) is 0 Å². The minimum atomic E-state index is -0.843. The first-order valence-electron chi connectivity index (χ1n) is 5.25. The first-order chi connectivity index (χ1) is 7.15. The number of benzene rings is 1. The van der Waals surface area contributed by atoms with Crippen LogP contribution in [0, 0.1) is 13.8 Å². The van der Waals surface area contributed by atoms with Crippen molar-refractivity contribution in [2.45, 2.75) is 25.2 Å². The van der Waals surface area contributed by atoms with E-state index in [4.69, 9.17) is 0 Å². The second kappa shape index (κ2) is 6.03. The van der Waals surface area contributed by atoms with Crippen molar-refractivity contribution in [3.8, 4) is 0 Å². The summed E-state index contributed by atoms with van der Waals surface area (Å²) in [7, 11) is 1.07. The lowest BCUT2D eigenvalue weighted by molar-refractivity contribution is 0.677. The van der Waals surface area contributed by atoms with Gasteiger partial charge in [-0.05, 0) is 57.1 Å². The normalized spacial score (nSPS) is 12.7. The summed E-state index contributed by atoms with van der Waals surface area (Å²) in [5.74, 6) is 0.739. The number of aryl methyl sites for hydroxylation is 2. The first-order valence-corrected chi connectivity index (χ1v) is 6.57. The zero-order chi connectivity index (χ0) is 11.3. The molecule has 2 nitrogen and oxygen atoms in total. The lowest BCUT2D eigenvalue weighted by atomic mass is 10.1. The third-order valence-corrected chi connectivity index (χ3v) is 3.94. The Hall–Kier alpha value is -0.670. The van der Waals surface area contributed by atoms with E-state index in [2.05, 4.69) is 19.2 Å². The fourth-order valence-electron chi connectivity index (χ4n) is 1.35. The molecule has 1 aromatic carbocycles. The molecule has 1 rings (SSSR count). The molecular weight excluding hydrogens is 206 g/mol. The zero-order valence-electron chi connectivity index (χ0n) is 9.67. The fraction of sp³-hybridized carbons (Fsp3) is 0.500. The van der Waals surface area contributed by atoms with Gasteiger partial charge in [-0.25, -0.2) is 0 Å². The first kappa shape index (κ1) is 12.4. The smallest absolute Gasteiger partial charge is 0.0530 e. The second-order valence-electron chi connectivity index (χ2n) is 3.75. The van der Waals surface area contributed by atoms with Gasteiger partial charge in [0.2, 0.25) is 0 Å². The summed E-state index contributed by atoms with van der Waals surface area (Å²) in [6.45, 7) is 5.06. The van der Waals surface area contributed by atoms with Crippen LogP contribution in [0.4, 0.5) is 0 Å². The predicted molar refractivity (Wildman–Crippen MR) is 65.7 cm³/mol. The molecule has 0 saturated heterocycles. The van der Waals surface area contributed by atoms with Gasteiger partial charge in [0, 0.05) is 10.6 Å². The Balaban J connectivity index is 2.62. The summed E-state index contributed by atoms with van der Waals surface area (Å²) in [5.41, 5.74) is 2.47. The molecule has 0 heterocycles. The van der Waals surface area contributed by atoms with Crippen LogP contribution in [0.15, 0.2) is 23.1 Å². The van der Waals surface area contributed by atoms with Crippen LogP contribution in [0.2, 0.25) is 0 Å². The van der Waals surface area contributed by atoms with Gasteiger partial charge in [0.25, 0.3) is 0 Å². The van der Waals surface area contributed by atoms with Crippen LogP contribution in [0.1, 0.15) is 17.5 Å². The summed E-state index contributed by atoms with van der Waals surface area (Å²) in [6, 6.07) is 6.04. The number of rotatable bonds is 5. The Bertz CT molecular complexity index is 349. The van der Waals surface area contributed by atoms with Gasteiger partial charge in [-0.1, -0.05) is 6.07 Å². The quantitative estimate of drug-likeness (QED) is 0.777. The van der Waals surface area contributed by atoms with E-state index < -0.39 is 10.8 Å². The maximum absolute atomic E-state index is 11.9. The van der Waals surface area contributed by atoms with Crippen LogP contribution in [-0.2, 0) is 10.8 Å². The molecule has 84 valence electrons. The molecule has 0 amide bonds. The molecule has 1 N–H and O–H groups in total. The lowest BCUT2D eigenvalue weighted by Crippen LogP contribution is -2.11. The maximum Gasteiger partial charge on any atom is 0.0530 e. The molecule has 0 saturated carbocycles. The van der Waals surface area contributed by atoms with Crippen LogP contribution in [0.25, 0.3) is 0 Å². The Kier molecular flexibility index (Phi) is 4.99. The molecule has 0 aliphatic heterocycles. The molecule has 0 aliphatic carbocycles. The summed E-state index contributed by atoms with van der Waals surface area (Å²) in [5, 5.41) is 3.06. The average molecular weight is 225 g/mol. The summed E-state index contributed by atoms with van der Waals surface area (Å²) in [4.78, 5) is 0.953. The Morgan fingerprint density at radius 2 is 2.00 bits per heavy atom. The third-order valence-electron chi connectivity index (χ3n) is 2.50. The van der Waals surface area contributed by atoms with E-state index >= 15 is 0 Å². The predicted octanol–water partition coefficient (Wildman–Crippen LogP) is 2.02. The van der Waals surface area contributed by atoms with E-state index in [0.29, 0.717) is 0 Å². The van der Waals surface area contributed by atoms with E-state index in [0.717, 1.165) is 23.6 Å². The van der Waals surface area contributed by atoms with Crippen molar-refractivity contribution in [2.75, 3.05) is 19.3 Å². The molecule has 3 heteroatoms. The monoisotopic (exact) mass is 225 g/mol. The van der Waals surface area contributed by atoms with E-state index in [9.17, 15) is 4.21 Å². The van der Waals surface area contributed by atoms with Crippen molar-refractivity contribution in [3.05, 3.63) is 29.3 Å². The van der Waals surface area contributed by atoms with Crippen molar-refractivity contribution >= 4 is 10.8 Å². The number of hydrogen-bond donors (Lipinski definition) is 1. The summed E-state index contributed by atoms with van der Waals surface area (Å²) in [6.07, 6.45) is 0.954. The Morgan fingerprint density at radius 1 is 1.27 bits per heavy atom. The third kappa shape index (κ3) is 3.76. The molecule has 1 atom stereocenters. The van der Waals surface area contributed by atoms with E-state index in [1.807, 2.05) is 25.2 Å². The van der Waals surface area contributed by atoms with Crippen LogP contribution in [0.5, 0.6) is 0 Å². The summed E-state index contributed by atoms with van der Waals surface area (Å²) >= 11 is 0. The molecule has 0 bridgehead atoms. The minimum absolute atomic E-state index is 0.739. The summed E-state index contributed by atoms with van der Waals surface area (Å²) < 4.78 is 11.9. The van der Waals surface area contributed by atoms with E-state index in [1.54, 1.807) is 0 Å². The van der Waals surface area contributed by atoms with Crippen molar-refractivity contribution in [2.24, 2.45) is 0 Å². The van der Waals surface area contributed by atoms with Crippen molar-refractivity contribution in [1.29, 1.82) is 0 Å². The Labute approximate surface area is 94.5 Å². The molecule has 1 unspecified atom stereocenters. The highest BCUT2D eigenvalue weighted by Crippen LogP contribution is 2.13. The standard InChI is InChI=1S/C12H19NOS/c1-10-5-6-12(9-11(10)2)15(14)8-4-7-13-3/h5-6,9,13H,4,7-8H2,1-3H3. The van der Waals surface area contributed by atoms with Crippen LogP contribution < -0.4 is 5.32 Å². The topological polar surface area (TPSA) is 29.1 Å². The Morgan fingerprint density at radius 3 is 2.60 bits per heavy atom.